The van der Waals surface area contributed by atoms with E-state index in [1.165, 1.54) is 6.92 Å². The second-order valence-electron chi connectivity index (χ2n) is 7.47. The van der Waals surface area contributed by atoms with Crippen molar-refractivity contribution in [1.82, 2.24) is 14.5 Å². The van der Waals surface area contributed by atoms with Crippen LogP contribution in [0.3, 0.4) is 0 Å². The fourth-order valence-corrected chi connectivity index (χ4v) is 3.97. The molecule has 2 aromatic carbocycles. The first-order valence-electron chi connectivity index (χ1n) is 10.1. The number of aromatic nitrogens is 2. The number of ether oxygens (including phenoxy) is 1. The van der Waals surface area contributed by atoms with Crippen molar-refractivity contribution in [2.24, 2.45) is 0 Å². The van der Waals surface area contributed by atoms with Crippen LogP contribution in [-0.2, 0) is 17.9 Å². The van der Waals surface area contributed by atoms with Gasteiger partial charge < -0.3 is 14.2 Å². The summed E-state index contributed by atoms with van der Waals surface area (Å²) in [6.07, 6.45) is 2.59. The monoisotopic (exact) mass is 391 g/mol. The first-order valence-corrected chi connectivity index (χ1v) is 10.1. The number of carbonyl (C=O) groups excluding carboxylic acids is 2. The summed E-state index contributed by atoms with van der Waals surface area (Å²) in [5.41, 5.74) is 2.68. The highest BCUT2D eigenvalue weighted by Crippen LogP contribution is 2.24. The summed E-state index contributed by atoms with van der Waals surface area (Å²) in [5.74, 6) is 0.365. The summed E-state index contributed by atoms with van der Waals surface area (Å²) in [4.78, 5) is 31.3. The summed E-state index contributed by atoms with van der Waals surface area (Å²) < 4.78 is 7.53. The van der Waals surface area contributed by atoms with Crippen LogP contribution in [0, 0.1) is 0 Å². The Balaban J connectivity index is 1.54. The van der Waals surface area contributed by atoms with E-state index in [2.05, 4.69) is 4.98 Å². The van der Waals surface area contributed by atoms with Crippen molar-refractivity contribution in [3.8, 4) is 0 Å². The van der Waals surface area contributed by atoms with Crippen LogP contribution < -0.4 is 0 Å². The van der Waals surface area contributed by atoms with Gasteiger partial charge in [-0.15, -0.1) is 0 Å². The van der Waals surface area contributed by atoms with Gasteiger partial charge in [-0.25, -0.2) is 9.78 Å². The average Bonchev–Trinajstić information content (AvgIpc) is 3.12. The average molecular weight is 391 g/mol. The molecule has 0 spiro atoms. The van der Waals surface area contributed by atoms with Crippen LogP contribution in [0.15, 0.2) is 54.6 Å². The predicted molar refractivity (Wildman–Crippen MR) is 111 cm³/mol. The number of nitrogens with zero attached hydrogens (tertiary/aromatic N) is 3. The molecular formula is C23H25N3O3. The quantitative estimate of drug-likeness (QED) is 0.604. The van der Waals surface area contributed by atoms with E-state index >= 15 is 0 Å². The van der Waals surface area contributed by atoms with Gasteiger partial charge in [-0.1, -0.05) is 42.5 Å². The van der Waals surface area contributed by atoms with Crippen LogP contribution in [0.1, 0.15) is 42.4 Å². The minimum absolute atomic E-state index is 0.0253. The van der Waals surface area contributed by atoms with Crippen molar-refractivity contribution in [3.63, 3.8) is 0 Å². The lowest BCUT2D eigenvalue weighted by Gasteiger charge is -2.35. The summed E-state index contributed by atoms with van der Waals surface area (Å²) in [6.45, 7) is 3.00. The van der Waals surface area contributed by atoms with Crippen LogP contribution in [0.25, 0.3) is 11.0 Å². The number of para-hydroxylation sites is 2. The van der Waals surface area contributed by atoms with Gasteiger partial charge in [0.15, 0.2) is 11.6 Å². The Morgan fingerprint density at radius 1 is 1.07 bits per heavy atom. The number of Topliss-reactive ketones (excluding diaryl/α,β-unsaturated/α-hetero) is 1. The summed E-state index contributed by atoms with van der Waals surface area (Å²) in [6, 6.07) is 17.4. The summed E-state index contributed by atoms with van der Waals surface area (Å²) >= 11 is 0. The Kier molecular flexibility index (Phi) is 5.60. The molecule has 0 N–H and O–H groups in total. The topological polar surface area (TPSA) is 64.4 Å². The van der Waals surface area contributed by atoms with E-state index in [4.69, 9.17) is 4.74 Å². The normalized spacial score (nSPS) is 16.7. The van der Waals surface area contributed by atoms with E-state index in [1.54, 1.807) is 0 Å². The molecule has 6 nitrogen and oxygen atoms in total. The minimum Gasteiger partial charge on any atom is -0.445 e. The van der Waals surface area contributed by atoms with E-state index < -0.39 is 0 Å². The van der Waals surface area contributed by atoms with Gasteiger partial charge in [0.05, 0.1) is 17.1 Å². The van der Waals surface area contributed by atoms with Crippen molar-refractivity contribution >= 4 is 22.9 Å². The number of rotatable bonds is 5. The lowest BCUT2D eigenvalue weighted by Crippen LogP contribution is -2.46. The van der Waals surface area contributed by atoms with E-state index in [0.717, 1.165) is 35.9 Å². The molecule has 1 aliphatic rings. The van der Waals surface area contributed by atoms with Crippen molar-refractivity contribution in [1.29, 1.82) is 0 Å². The minimum atomic E-state index is -0.299. The molecule has 0 saturated carbocycles. The molecule has 2 heterocycles. The van der Waals surface area contributed by atoms with E-state index in [0.29, 0.717) is 18.9 Å². The Morgan fingerprint density at radius 3 is 2.62 bits per heavy atom. The van der Waals surface area contributed by atoms with Gasteiger partial charge in [0.25, 0.3) is 0 Å². The number of fused-ring (bicyclic) bond motifs is 1. The molecule has 0 aliphatic carbocycles. The Hall–Kier alpha value is -3.15. The Morgan fingerprint density at radius 2 is 1.83 bits per heavy atom. The van der Waals surface area contributed by atoms with Gasteiger partial charge in [-0.05, 0) is 37.0 Å². The molecule has 0 bridgehead atoms. The highest BCUT2D eigenvalue weighted by molar-refractivity contribution is 5.94. The number of hydrogen-bond donors (Lipinski definition) is 0. The molecule has 1 aliphatic heterocycles. The van der Waals surface area contributed by atoms with E-state index in [-0.39, 0.29) is 24.5 Å². The SMILES string of the molecule is CC(=O)c1nc2ccccc2n1CC1CCCCN1C(=O)OCc1ccccc1. The van der Waals surface area contributed by atoms with E-state index in [9.17, 15) is 9.59 Å². The van der Waals surface area contributed by atoms with Crippen molar-refractivity contribution in [2.45, 2.75) is 45.4 Å². The zero-order valence-electron chi connectivity index (χ0n) is 16.6. The van der Waals surface area contributed by atoms with Gasteiger partial charge >= 0.3 is 6.09 Å². The van der Waals surface area contributed by atoms with Crippen LogP contribution in [0.4, 0.5) is 4.79 Å². The number of ketones is 1. The second-order valence-corrected chi connectivity index (χ2v) is 7.47. The Bertz CT molecular complexity index is 1010. The van der Waals surface area contributed by atoms with Crippen LogP contribution in [0.2, 0.25) is 0 Å². The van der Waals surface area contributed by atoms with Crippen molar-refractivity contribution < 1.29 is 14.3 Å². The highest BCUT2D eigenvalue weighted by atomic mass is 16.6. The number of imidazole rings is 1. The third kappa shape index (κ3) is 4.16. The molecule has 6 heteroatoms. The maximum Gasteiger partial charge on any atom is 0.410 e. The third-order valence-corrected chi connectivity index (χ3v) is 5.43. The third-order valence-electron chi connectivity index (χ3n) is 5.43. The standard InChI is InChI=1S/C23H25N3O3/c1-17(27)22-24-20-12-5-6-13-21(20)26(22)15-19-11-7-8-14-25(19)23(28)29-16-18-9-3-2-4-10-18/h2-6,9-10,12-13,19H,7-8,11,14-16H2,1H3. The molecule has 1 unspecified atom stereocenters. The molecule has 1 aromatic heterocycles. The van der Waals surface area contributed by atoms with Crippen LogP contribution in [0.5, 0.6) is 0 Å². The fraction of sp³-hybridized carbons (Fsp3) is 0.348. The summed E-state index contributed by atoms with van der Waals surface area (Å²) in [7, 11) is 0. The van der Waals surface area contributed by atoms with Crippen molar-refractivity contribution in [3.05, 3.63) is 66.0 Å². The number of likely N-dealkylation sites (tertiary alicyclic amines) is 1. The van der Waals surface area contributed by atoms with Crippen LogP contribution >= 0.6 is 0 Å². The molecule has 150 valence electrons. The van der Waals surface area contributed by atoms with Crippen molar-refractivity contribution in [2.75, 3.05) is 6.54 Å². The lowest BCUT2D eigenvalue weighted by molar-refractivity contribution is 0.0638. The number of amides is 1. The van der Waals surface area contributed by atoms with Gasteiger partial charge in [-0.3, -0.25) is 4.79 Å². The summed E-state index contributed by atoms with van der Waals surface area (Å²) in [5, 5.41) is 0. The molecule has 1 atom stereocenters. The fourth-order valence-electron chi connectivity index (χ4n) is 3.97. The van der Waals surface area contributed by atoms with Crippen LogP contribution in [-0.4, -0.2) is 38.9 Å². The van der Waals surface area contributed by atoms with E-state index in [1.807, 2.05) is 64.1 Å². The van der Waals surface area contributed by atoms with Gasteiger partial charge in [0.2, 0.25) is 0 Å². The zero-order valence-corrected chi connectivity index (χ0v) is 16.6. The first-order chi connectivity index (χ1) is 14.1. The highest BCUT2D eigenvalue weighted by Gasteiger charge is 2.29. The number of benzene rings is 2. The van der Waals surface area contributed by atoms with Gasteiger partial charge in [-0.2, -0.15) is 0 Å². The molecule has 0 radical (unpaired) electrons. The second kappa shape index (κ2) is 8.47. The maximum atomic E-state index is 12.8. The Labute approximate surface area is 170 Å². The smallest absolute Gasteiger partial charge is 0.410 e. The molecule has 3 aromatic rings. The van der Waals surface area contributed by atoms with Gasteiger partial charge in [0.1, 0.15) is 6.61 Å². The number of hydrogen-bond acceptors (Lipinski definition) is 4. The maximum absolute atomic E-state index is 12.8. The molecule has 1 amide bonds. The lowest BCUT2D eigenvalue weighted by atomic mass is 10.0. The molecule has 4 rings (SSSR count). The van der Waals surface area contributed by atoms with Gasteiger partial charge in [0, 0.05) is 20.0 Å². The first kappa shape index (κ1) is 19.2. The molecule has 29 heavy (non-hydrogen) atoms. The zero-order chi connectivity index (χ0) is 20.2. The molecule has 1 saturated heterocycles. The number of piperidine rings is 1. The molecular weight excluding hydrogens is 366 g/mol. The molecule has 1 fully saturated rings. The predicted octanol–water partition coefficient (Wildman–Crippen LogP) is 4.43. The largest absolute Gasteiger partial charge is 0.445 e. The number of carbonyl (C=O) groups is 2.